The van der Waals surface area contributed by atoms with Crippen LogP contribution in [0.4, 0.5) is 0 Å². The van der Waals surface area contributed by atoms with Crippen molar-refractivity contribution in [2.75, 3.05) is 26.8 Å². The highest BCUT2D eigenvalue weighted by Gasteiger charge is 2.15. The molecule has 0 unspecified atom stereocenters. The van der Waals surface area contributed by atoms with E-state index >= 15 is 0 Å². The van der Waals surface area contributed by atoms with E-state index in [-0.39, 0.29) is 5.91 Å². The number of amides is 1. The number of nitrogens with zero attached hydrogens (tertiary/aromatic N) is 1. The van der Waals surface area contributed by atoms with Gasteiger partial charge in [-0.05, 0) is 18.8 Å². The highest BCUT2D eigenvalue weighted by atomic mass is 32.1. The summed E-state index contributed by atoms with van der Waals surface area (Å²) in [7, 11) is 1.78. The summed E-state index contributed by atoms with van der Waals surface area (Å²) in [6.45, 7) is 1.92. The van der Waals surface area contributed by atoms with Crippen molar-refractivity contribution in [3.05, 3.63) is 0 Å². The third-order valence-corrected chi connectivity index (χ3v) is 3.61. The summed E-state index contributed by atoms with van der Waals surface area (Å²) >= 11 is 4.78. The molecule has 2 N–H and O–H groups in total. The molecular formula is C13H24N2O2S. The van der Waals surface area contributed by atoms with Gasteiger partial charge in [0.2, 0.25) is 5.91 Å². The second kappa shape index (κ2) is 8.43. The first-order valence-electron chi connectivity index (χ1n) is 6.69. The first-order valence-corrected chi connectivity index (χ1v) is 7.10. The standard InChI is InChI=1S/C13H24N2O2S/c1-15(8-6-12(14)18)13(16)7-9-17-10-11-4-2-3-5-11/h11H,2-10H2,1H3,(H2,14,18). The first-order chi connectivity index (χ1) is 8.59. The number of carbonyl (C=O) groups is 1. The number of ether oxygens (including phenoxy) is 1. The van der Waals surface area contributed by atoms with E-state index in [1.807, 2.05) is 0 Å². The Kier molecular flexibility index (Phi) is 7.20. The van der Waals surface area contributed by atoms with Crippen molar-refractivity contribution in [3.63, 3.8) is 0 Å². The lowest BCUT2D eigenvalue weighted by molar-refractivity contribution is -0.131. The zero-order valence-corrected chi connectivity index (χ0v) is 12.0. The van der Waals surface area contributed by atoms with E-state index < -0.39 is 0 Å². The first kappa shape index (κ1) is 15.4. The van der Waals surface area contributed by atoms with Gasteiger partial charge in [0.15, 0.2) is 0 Å². The van der Waals surface area contributed by atoms with Crippen molar-refractivity contribution in [2.45, 2.75) is 38.5 Å². The van der Waals surface area contributed by atoms with Crippen molar-refractivity contribution < 1.29 is 9.53 Å². The van der Waals surface area contributed by atoms with E-state index in [4.69, 9.17) is 22.7 Å². The molecule has 0 aromatic rings. The van der Waals surface area contributed by atoms with Gasteiger partial charge in [-0.25, -0.2) is 0 Å². The fourth-order valence-corrected chi connectivity index (χ4v) is 2.27. The van der Waals surface area contributed by atoms with Crippen LogP contribution in [0.3, 0.4) is 0 Å². The van der Waals surface area contributed by atoms with Gasteiger partial charge in [-0.1, -0.05) is 25.1 Å². The normalized spacial score (nSPS) is 15.8. The van der Waals surface area contributed by atoms with Crippen LogP contribution < -0.4 is 5.73 Å². The molecule has 0 heterocycles. The molecule has 18 heavy (non-hydrogen) atoms. The summed E-state index contributed by atoms with van der Waals surface area (Å²) in [5, 5.41) is 0. The average molecular weight is 272 g/mol. The minimum atomic E-state index is 0.0951. The zero-order valence-electron chi connectivity index (χ0n) is 11.2. The minimum Gasteiger partial charge on any atom is -0.393 e. The number of hydrogen-bond donors (Lipinski definition) is 1. The number of thiocarbonyl (C=S) groups is 1. The summed E-state index contributed by atoms with van der Waals surface area (Å²) in [6, 6.07) is 0. The molecule has 1 aliphatic carbocycles. The number of hydrogen-bond acceptors (Lipinski definition) is 3. The van der Waals surface area contributed by atoms with Crippen LogP contribution in [0.2, 0.25) is 0 Å². The molecule has 0 aliphatic heterocycles. The molecule has 1 rings (SSSR count). The Balaban J connectivity index is 2.02. The second-order valence-electron chi connectivity index (χ2n) is 5.01. The van der Waals surface area contributed by atoms with Crippen LogP contribution in [0.25, 0.3) is 0 Å². The molecule has 0 spiro atoms. The van der Waals surface area contributed by atoms with Gasteiger partial charge >= 0.3 is 0 Å². The summed E-state index contributed by atoms with van der Waals surface area (Å²) in [6.07, 6.45) is 6.24. The van der Waals surface area contributed by atoms with Crippen LogP contribution in [0.5, 0.6) is 0 Å². The molecule has 0 bridgehead atoms. The van der Waals surface area contributed by atoms with Crippen LogP contribution in [0, 0.1) is 5.92 Å². The Hall–Kier alpha value is -0.680. The van der Waals surface area contributed by atoms with Crippen molar-refractivity contribution in [1.82, 2.24) is 4.90 Å². The third-order valence-electron chi connectivity index (χ3n) is 3.41. The smallest absolute Gasteiger partial charge is 0.224 e. The highest BCUT2D eigenvalue weighted by Crippen LogP contribution is 2.24. The molecule has 1 amide bonds. The van der Waals surface area contributed by atoms with Crippen molar-refractivity contribution >= 4 is 23.1 Å². The lowest BCUT2D eigenvalue weighted by atomic mass is 10.1. The Morgan fingerprint density at radius 1 is 1.39 bits per heavy atom. The summed E-state index contributed by atoms with van der Waals surface area (Å²) < 4.78 is 5.57. The molecule has 1 aliphatic rings. The van der Waals surface area contributed by atoms with Crippen molar-refractivity contribution in [3.8, 4) is 0 Å². The lowest BCUT2D eigenvalue weighted by Crippen LogP contribution is -2.30. The molecule has 4 nitrogen and oxygen atoms in total. The molecule has 0 saturated heterocycles. The van der Waals surface area contributed by atoms with Crippen molar-refractivity contribution in [2.24, 2.45) is 11.7 Å². The van der Waals surface area contributed by atoms with Crippen LogP contribution in [-0.2, 0) is 9.53 Å². The summed E-state index contributed by atoms with van der Waals surface area (Å²) in [5.41, 5.74) is 5.40. The zero-order chi connectivity index (χ0) is 13.4. The minimum absolute atomic E-state index is 0.0951. The monoisotopic (exact) mass is 272 g/mol. The molecule has 5 heteroatoms. The maximum absolute atomic E-state index is 11.7. The van der Waals surface area contributed by atoms with Gasteiger partial charge in [0.25, 0.3) is 0 Å². The van der Waals surface area contributed by atoms with Crippen molar-refractivity contribution in [1.29, 1.82) is 0 Å². The Morgan fingerprint density at radius 3 is 2.67 bits per heavy atom. The van der Waals surface area contributed by atoms with E-state index in [9.17, 15) is 4.79 Å². The predicted molar refractivity (Wildman–Crippen MR) is 76.4 cm³/mol. The molecule has 0 radical (unpaired) electrons. The van der Waals surface area contributed by atoms with Crippen LogP contribution in [0.15, 0.2) is 0 Å². The summed E-state index contributed by atoms with van der Waals surface area (Å²) in [5.74, 6) is 0.810. The second-order valence-corrected chi connectivity index (χ2v) is 5.53. The van der Waals surface area contributed by atoms with E-state index in [2.05, 4.69) is 0 Å². The highest BCUT2D eigenvalue weighted by molar-refractivity contribution is 7.80. The van der Waals surface area contributed by atoms with Gasteiger partial charge in [0, 0.05) is 26.6 Å². The Labute approximate surface area is 115 Å². The van der Waals surface area contributed by atoms with Crippen LogP contribution in [-0.4, -0.2) is 42.6 Å². The Morgan fingerprint density at radius 2 is 2.06 bits per heavy atom. The van der Waals surface area contributed by atoms with E-state index in [1.165, 1.54) is 25.7 Å². The quantitative estimate of drug-likeness (QED) is 0.540. The van der Waals surface area contributed by atoms with E-state index in [0.29, 0.717) is 36.9 Å². The number of rotatable bonds is 8. The van der Waals surface area contributed by atoms with Crippen LogP contribution in [0.1, 0.15) is 38.5 Å². The van der Waals surface area contributed by atoms with Crippen LogP contribution >= 0.6 is 12.2 Å². The maximum Gasteiger partial charge on any atom is 0.224 e. The molecular weight excluding hydrogens is 248 g/mol. The van der Waals surface area contributed by atoms with Gasteiger partial charge in [-0.2, -0.15) is 0 Å². The fraction of sp³-hybridized carbons (Fsp3) is 0.846. The average Bonchev–Trinajstić information content (AvgIpc) is 2.84. The molecule has 1 fully saturated rings. The topological polar surface area (TPSA) is 55.6 Å². The number of carbonyl (C=O) groups excluding carboxylic acids is 1. The SMILES string of the molecule is CN(CCC(N)=S)C(=O)CCOCC1CCCC1. The van der Waals surface area contributed by atoms with E-state index in [1.54, 1.807) is 11.9 Å². The summed E-state index contributed by atoms with van der Waals surface area (Å²) in [4.78, 5) is 13.8. The predicted octanol–water partition coefficient (Wildman–Crippen LogP) is 1.72. The number of nitrogens with two attached hydrogens (primary N) is 1. The molecule has 104 valence electrons. The maximum atomic E-state index is 11.7. The molecule has 0 aromatic carbocycles. The van der Waals surface area contributed by atoms with Gasteiger partial charge in [0.1, 0.15) is 0 Å². The largest absolute Gasteiger partial charge is 0.393 e. The molecule has 0 atom stereocenters. The van der Waals surface area contributed by atoms with Gasteiger partial charge in [0.05, 0.1) is 18.0 Å². The lowest BCUT2D eigenvalue weighted by Gasteiger charge is -2.17. The fourth-order valence-electron chi connectivity index (χ4n) is 2.18. The third kappa shape index (κ3) is 6.31. The molecule has 0 aromatic heterocycles. The Bertz CT molecular complexity index is 278. The van der Waals surface area contributed by atoms with Gasteiger partial charge in [-0.15, -0.1) is 0 Å². The van der Waals surface area contributed by atoms with Gasteiger partial charge in [-0.3, -0.25) is 4.79 Å². The van der Waals surface area contributed by atoms with E-state index in [0.717, 1.165) is 6.61 Å². The molecule has 1 saturated carbocycles. The van der Waals surface area contributed by atoms with Gasteiger partial charge < -0.3 is 15.4 Å².